The van der Waals surface area contributed by atoms with E-state index >= 15 is 0 Å². The minimum Gasteiger partial charge on any atom is -0.484 e. The van der Waals surface area contributed by atoms with Crippen LogP contribution in [-0.4, -0.2) is 29.5 Å². The number of hydrogen-bond acceptors (Lipinski definition) is 5. The topological polar surface area (TPSA) is 118 Å². The third-order valence-electron chi connectivity index (χ3n) is 8.81. The number of nitrogens with one attached hydrogen (secondary N) is 2. The van der Waals surface area contributed by atoms with E-state index < -0.39 is 11.9 Å². The molecule has 2 unspecified atom stereocenters. The number of carbonyl (C=O) groups is 3. The van der Waals surface area contributed by atoms with Crippen molar-refractivity contribution < 1.29 is 28.6 Å². The van der Waals surface area contributed by atoms with Gasteiger partial charge in [0.25, 0.3) is 5.91 Å². The second kappa shape index (κ2) is 9.91. The number of aromatic carboxylic acids is 1. The molecule has 4 saturated carbocycles. The molecule has 0 spiro atoms. The van der Waals surface area contributed by atoms with Gasteiger partial charge in [-0.3, -0.25) is 9.59 Å². The summed E-state index contributed by atoms with van der Waals surface area (Å²) in [5.41, 5.74) is 1.13. The maximum Gasteiger partial charge on any atom is 0.337 e. The van der Waals surface area contributed by atoms with Gasteiger partial charge in [0.05, 0.1) is 29.5 Å². The van der Waals surface area contributed by atoms with Crippen LogP contribution in [0.1, 0.15) is 60.2 Å². The summed E-state index contributed by atoms with van der Waals surface area (Å²) in [5, 5.41) is 15.1. The normalized spacial score (nSPS) is 26.7. The zero-order chi connectivity index (χ0) is 27.0. The van der Waals surface area contributed by atoms with E-state index in [1.807, 2.05) is 24.3 Å². The smallest absolute Gasteiger partial charge is 0.337 e. The standard InChI is InChI=1S/C31H32N2O6/c34-27(33-26-6-2-1-5-25(26)28(35)36)18-39-23-9-7-22(8-10-23)30-13-20-12-21(14-30)16-31(15-20,19-30)29(37)32-17-24-4-3-11-38-24/h1-11,20-21H,12-19H2,(H,32,37)(H,33,34)(H,35,36). The lowest BCUT2D eigenvalue weighted by Crippen LogP contribution is -2.59. The van der Waals surface area contributed by atoms with E-state index in [-0.39, 0.29) is 34.6 Å². The Morgan fingerprint density at radius 1 is 0.949 bits per heavy atom. The van der Waals surface area contributed by atoms with Crippen molar-refractivity contribution in [2.24, 2.45) is 17.3 Å². The number of furan rings is 1. The third-order valence-corrected chi connectivity index (χ3v) is 8.81. The van der Waals surface area contributed by atoms with E-state index in [2.05, 4.69) is 22.8 Å². The van der Waals surface area contributed by atoms with Gasteiger partial charge < -0.3 is 24.9 Å². The molecule has 39 heavy (non-hydrogen) atoms. The number of amides is 2. The molecule has 4 aliphatic carbocycles. The molecule has 7 rings (SSSR count). The molecule has 3 aromatic rings. The minimum atomic E-state index is -1.11. The molecule has 4 fully saturated rings. The molecule has 0 saturated heterocycles. The van der Waals surface area contributed by atoms with E-state index in [1.165, 1.54) is 18.1 Å². The SMILES string of the molecule is O=C(COc1ccc(C23CC4CC(CC(C(=O)NCc5ccco5)(C4)C2)C3)cc1)Nc1ccccc1C(=O)O. The van der Waals surface area contributed by atoms with Crippen molar-refractivity contribution in [1.29, 1.82) is 0 Å². The summed E-state index contributed by atoms with van der Waals surface area (Å²) in [5.74, 6) is 1.03. The number of hydrogen-bond donors (Lipinski definition) is 3. The number of carboxylic acids is 1. The molecule has 2 aromatic carbocycles. The summed E-state index contributed by atoms with van der Waals surface area (Å²) in [7, 11) is 0. The molecule has 0 aliphatic heterocycles. The monoisotopic (exact) mass is 528 g/mol. The Balaban J connectivity index is 1.11. The first-order valence-corrected chi connectivity index (χ1v) is 13.5. The van der Waals surface area contributed by atoms with Gasteiger partial charge in [0, 0.05) is 0 Å². The second-order valence-corrected chi connectivity index (χ2v) is 11.5. The molecular formula is C31H32N2O6. The van der Waals surface area contributed by atoms with Crippen LogP contribution in [0.25, 0.3) is 0 Å². The summed E-state index contributed by atoms with van der Waals surface area (Å²) in [6.45, 7) is 0.180. The molecule has 4 bridgehead atoms. The van der Waals surface area contributed by atoms with E-state index in [1.54, 1.807) is 24.5 Å². The number of carboxylic acid groups (broad SMARTS) is 1. The predicted molar refractivity (Wildman–Crippen MR) is 143 cm³/mol. The molecule has 2 atom stereocenters. The van der Waals surface area contributed by atoms with Gasteiger partial charge in [-0.15, -0.1) is 0 Å². The van der Waals surface area contributed by atoms with Crippen molar-refractivity contribution in [3.05, 3.63) is 83.8 Å². The van der Waals surface area contributed by atoms with Crippen LogP contribution in [0.4, 0.5) is 5.69 Å². The molecule has 8 heteroatoms. The lowest BCUT2D eigenvalue weighted by molar-refractivity contribution is -0.149. The summed E-state index contributed by atoms with van der Waals surface area (Å²) in [6, 6.07) is 17.9. The van der Waals surface area contributed by atoms with Gasteiger partial charge in [-0.1, -0.05) is 24.3 Å². The minimum absolute atomic E-state index is 0.0252. The number of rotatable bonds is 9. The van der Waals surface area contributed by atoms with Crippen molar-refractivity contribution in [3.8, 4) is 5.75 Å². The maximum absolute atomic E-state index is 13.5. The number of ether oxygens (including phenoxy) is 1. The Morgan fingerprint density at radius 2 is 1.69 bits per heavy atom. The van der Waals surface area contributed by atoms with Crippen LogP contribution >= 0.6 is 0 Å². The van der Waals surface area contributed by atoms with Gasteiger partial charge in [-0.2, -0.15) is 0 Å². The summed E-state index contributed by atoms with van der Waals surface area (Å²) in [6.07, 6.45) is 7.79. The van der Waals surface area contributed by atoms with Gasteiger partial charge in [-0.25, -0.2) is 4.79 Å². The Kier molecular flexibility index (Phi) is 6.41. The molecule has 4 aliphatic rings. The van der Waals surface area contributed by atoms with Crippen molar-refractivity contribution in [2.75, 3.05) is 11.9 Å². The lowest BCUT2D eigenvalue weighted by Gasteiger charge is -2.61. The first kappa shape index (κ1) is 25.2. The fourth-order valence-corrected chi connectivity index (χ4v) is 7.65. The van der Waals surface area contributed by atoms with Gasteiger partial charge >= 0.3 is 5.97 Å². The Bertz CT molecular complexity index is 1370. The van der Waals surface area contributed by atoms with Crippen LogP contribution in [0.15, 0.2) is 71.3 Å². The van der Waals surface area contributed by atoms with Crippen LogP contribution in [0, 0.1) is 17.3 Å². The second-order valence-electron chi connectivity index (χ2n) is 11.5. The Labute approximate surface area is 226 Å². The van der Waals surface area contributed by atoms with Crippen LogP contribution in [0.5, 0.6) is 5.75 Å². The van der Waals surface area contributed by atoms with E-state index in [9.17, 15) is 19.5 Å². The highest BCUT2D eigenvalue weighted by atomic mass is 16.5. The van der Waals surface area contributed by atoms with Crippen LogP contribution in [0.3, 0.4) is 0 Å². The summed E-state index contributed by atoms with van der Waals surface area (Å²) >= 11 is 0. The third kappa shape index (κ3) is 4.91. The van der Waals surface area contributed by atoms with Crippen LogP contribution < -0.4 is 15.4 Å². The average Bonchev–Trinajstić information content (AvgIpc) is 3.44. The number of carbonyl (C=O) groups excluding carboxylic acids is 2. The van der Waals surface area contributed by atoms with E-state index in [0.29, 0.717) is 24.1 Å². The maximum atomic E-state index is 13.5. The predicted octanol–water partition coefficient (Wildman–Crippen LogP) is 5.15. The van der Waals surface area contributed by atoms with Gasteiger partial charge in [0.1, 0.15) is 11.5 Å². The molecule has 2 amide bonds. The molecule has 0 radical (unpaired) electrons. The average molecular weight is 529 g/mol. The van der Waals surface area contributed by atoms with Crippen LogP contribution in [-0.2, 0) is 21.5 Å². The first-order chi connectivity index (χ1) is 18.8. The highest BCUT2D eigenvalue weighted by Gasteiger charge is 2.60. The Hall–Kier alpha value is -4.07. The largest absolute Gasteiger partial charge is 0.484 e. The zero-order valence-corrected chi connectivity index (χ0v) is 21.7. The molecule has 8 nitrogen and oxygen atoms in total. The quantitative estimate of drug-likeness (QED) is 0.354. The Morgan fingerprint density at radius 3 is 2.38 bits per heavy atom. The molecule has 202 valence electrons. The summed E-state index contributed by atoms with van der Waals surface area (Å²) < 4.78 is 11.1. The number of para-hydroxylation sites is 1. The lowest BCUT2D eigenvalue weighted by atomic mass is 9.42. The van der Waals surface area contributed by atoms with Gasteiger partial charge in [0.15, 0.2) is 6.61 Å². The zero-order valence-electron chi connectivity index (χ0n) is 21.7. The first-order valence-electron chi connectivity index (χ1n) is 13.5. The molecule has 1 aromatic heterocycles. The van der Waals surface area contributed by atoms with Crippen molar-refractivity contribution >= 4 is 23.5 Å². The van der Waals surface area contributed by atoms with Crippen LogP contribution in [0.2, 0.25) is 0 Å². The number of benzene rings is 2. The van der Waals surface area contributed by atoms with Crippen molar-refractivity contribution in [1.82, 2.24) is 5.32 Å². The summed E-state index contributed by atoms with van der Waals surface area (Å²) in [4.78, 5) is 37.3. The molecule has 1 heterocycles. The van der Waals surface area contributed by atoms with E-state index in [4.69, 9.17) is 9.15 Å². The fraction of sp³-hybridized carbons (Fsp3) is 0.387. The fourth-order valence-electron chi connectivity index (χ4n) is 7.65. The molecular weight excluding hydrogens is 496 g/mol. The highest BCUT2D eigenvalue weighted by molar-refractivity contribution is 6.00. The van der Waals surface area contributed by atoms with Crippen molar-refractivity contribution in [2.45, 2.75) is 50.5 Å². The van der Waals surface area contributed by atoms with Gasteiger partial charge in [-0.05, 0) is 97.7 Å². The van der Waals surface area contributed by atoms with Crippen molar-refractivity contribution in [3.63, 3.8) is 0 Å². The van der Waals surface area contributed by atoms with E-state index in [0.717, 1.165) is 37.9 Å². The highest BCUT2D eigenvalue weighted by Crippen LogP contribution is 2.65. The number of anilines is 1. The van der Waals surface area contributed by atoms with Gasteiger partial charge in [0.2, 0.25) is 5.91 Å². The molecule has 3 N–H and O–H groups in total.